The largest absolute Gasteiger partial charge is 0.494 e. The third kappa shape index (κ3) is 3.79. The summed E-state index contributed by atoms with van der Waals surface area (Å²) >= 11 is 0. The molecular formula is C10H17NO4. The highest BCUT2D eigenvalue weighted by molar-refractivity contribution is 5.91. The van der Waals surface area contributed by atoms with Gasteiger partial charge in [0.25, 0.3) is 5.91 Å². The monoisotopic (exact) mass is 215 g/mol. The van der Waals surface area contributed by atoms with Crippen molar-refractivity contribution in [2.75, 3.05) is 19.8 Å². The van der Waals surface area contributed by atoms with Gasteiger partial charge in [-0.25, -0.2) is 0 Å². The van der Waals surface area contributed by atoms with Crippen molar-refractivity contribution in [2.45, 2.75) is 25.8 Å². The Hall–Kier alpha value is -1.23. The van der Waals surface area contributed by atoms with Gasteiger partial charge < -0.3 is 19.9 Å². The Morgan fingerprint density at radius 1 is 1.67 bits per heavy atom. The van der Waals surface area contributed by atoms with Crippen molar-refractivity contribution >= 4 is 5.91 Å². The molecule has 1 heterocycles. The first kappa shape index (κ1) is 11.8. The Bertz CT molecular complexity index is 240. The van der Waals surface area contributed by atoms with Crippen molar-refractivity contribution in [3.8, 4) is 0 Å². The lowest BCUT2D eigenvalue weighted by Gasteiger charge is -2.19. The number of ether oxygens (including phenoxy) is 2. The number of aliphatic hydroxyl groups excluding tert-OH is 1. The summed E-state index contributed by atoms with van der Waals surface area (Å²) in [5.74, 6) is -0.0763. The van der Waals surface area contributed by atoms with Gasteiger partial charge in [0.05, 0.1) is 0 Å². The van der Waals surface area contributed by atoms with Crippen molar-refractivity contribution in [2.24, 2.45) is 0 Å². The zero-order valence-electron chi connectivity index (χ0n) is 8.86. The van der Waals surface area contributed by atoms with Gasteiger partial charge in [0.2, 0.25) is 5.76 Å². The summed E-state index contributed by atoms with van der Waals surface area (Å²) in [7, 11) is 0. The van der Waals surface area contributed by atoms with Crippen molar-refractivity contribution in [1.29, 1.82) is 0 Å². The maximum atomic E-state index is 11.6. The Balaban J connectivity index is 2.42. The number of rotatable bonds is 5. The standard InChI is InChI=1S/C10H17NO4/c1-2-8(3-4-12)11-10(13)9-7-14-5-6-15-9/h7-8,12H,2-6H2,1H3,(H,11,13). The molecule has 0 radical (unpaired) electrons. The minimum atomic E-state index is -0.282. The number of hydrogen-bond acceptors (Lipinski definition) is 4. The van der Waals surface area contributed by atoms with Crippen LogP contribution in [-0.4, -0.2) is 36.9 Å². The Morgan fingerprint density at radius 3 is 3.00 bits per heavy atom. The fourth-order valence-electron chi connectivity index (χ4n) is 1.28. The Labute approximate surface area is 89.1 Å². The second-order valence-corrected chi connectivity index (χ2v) is 3.29. The molecule has 5 heteroatoms. The quantitative estimate of drug-likeness (QED) is 0.685. The second kappa shape index (κ2) is 6.29. The molecule has 0 aromatic rings. The molecule has 2 N–H and O–H groups in total. The fraction of sp³-hybridized carbons (Fsp3) is 0.700. The average Bonchev–Trinajstić information content (AvgIpc) is 2.29. The highest BCUT2D eigenvalue weighted by atomic mass is 16.6. The van der Waals surface area contributed by atoms with Crippen LogP contribution in [0.3, 0.4) is 0 Å². The molecule has 5 nitrogen and oxygen atoms in total. The predicted octanol–water partition coefficient (Wildman–Crippen LogP) is 0.152. The third-order valence-corrected chi connectivity index (χ3v) is 2.18. The first-order chi connectivity index (χ1) is 7.27. The molecule has 1 aliphatic rings. The van der Waals surface area contributed by atoms with E-state index in [2.05, 4.69) is 5.32 Å². The molecule has 0 aliphatic carbocycles. The number of carbonyl (C=O) groups is 1. The zero-order valence-corrected chi connectivity index (χ0v) is 8.86. The van der Waals surface area contributed by atoms with Crippen LogP contribution < -0.4 is 5.32 Å². The summed E-state index contributed by atoms with van der Waals surface area (Å²) in [4.78, 5) is 11.6. The van der Waals surface area contributed by atoms with Crippen LogP contribution in [0.25, 0.3) is 0 Å². The van der Waals surface area contributed by atoms with E-state index in [0.29, 0.717) is 19.6 Å². The van der Waals surface area contributed by atoms with Crippen molar-refractivity contribution in [1.82, 2.24) is 5.32 Å². The Morgan fingerprint density at radius 2 is 2.47 bits per heavy atom. The van der Waals surface area contributed by atoms with Gasteiger partial charge in [-0.15, -0.1) is 0 Å². The van der Waals surface area contributed by atoms with Gasteiger partial charge in [-0.05, 0) is 12.8 Å². The number of amides is 1. The van der Waals surface area contributed by atoms with E-state index in [1.54, 1.807) is 0 Å². The van der Waals surface area contributed by atoms with Crippen LogP contribution >= 0.6 is 0 Å². The maximum absolute atomic E-state index is 11.6. The average molecular weight is 215 g/mol. The Kier molecular flexibility index (Phi) is 4.97. The lowest BCUT2D eigenvalue weighted by Crippen LogP contribution is -2.37. The van der Waals surface area contributed by atoms with Crippen molar-refractivity contribution in [3.05, 3.63) is 12.0 Å². The van der Waals surface area contributed by atoms with Crippen LogP contribution in [0.2, 0.25) is 0 Å². The smallest absolute Gasteiger partial charge is 0.289 e. The molecule has 0 aromatic heterocycles. The second-order valence-electron chi connectivity index (χ2n) is 3.29. The van der Waals surface area contributed by atoms with Crippen molar-refractivity contribution < 1.29 is 19.4 Å². The van der Waals surface area contributed by atoms with E-state index in [0.717, 1.165) is 6.42 Å². The lowest BCUT2D eigenvalue weighted by atomic mass is 10.1. The van der Waals surface area contributed by atoms with Gasteiger partial charge in [0, 0.05) is 12.6 Å². The highest BCUT2D eigenvalue weighted by Crippen LogP contribution is 2.06. The molecule has 1 amide bonds. The molecule has 1 unspecified atom stereocenters. The molecule has 0 bridgehead atoms. The molecule has 1 rings (SSSR count). The van der Waals surface area contributed by atoms with E-state index >= 15 is 0 Å². The van der Waals surface area contributed by atoms with Crippen LogP contribution in [0, 0.1) is 0 Å². The first-order valence-corrected chi connectivity index (χ1v) is 5.14. The summed E-state index contributed by atoms with van der Waals surface area (Å²) in [5, 5.41) is 11.5. The summed E-state index contributed by atoms with van der Waals surface area (Å²) in [6, 6.07) is -0.0195. The third-order valence-electron chi connectivity index (χ3n) is 2.18. The van der Waals surface area contributed by atoms with Gasteiger partial charge >= 0.3 is 0 Å². The molecule has 0 fully saturated rings. The molecule has 1 atom stereocenters. The number of hydrogen-bond donors (Lipinski definition) is 2. The molecule has 86 valence electrons. The van der Waals surface area contributed by atoms with Gasteiger partial charge in [0.15, 0.2) is 0 Å². The van der Waals surface area contributed by atoms with E-state index < -0.39 is 0 Å². The highest BCUT2D eigenvalue weighted by Gasteiger charge is 2.17. The maximum Gasteiger partial charge on any atom is 0.289 e. The predicted molar refractivity (Wildman–Crippen MR) is 53.9 cm³/mol. The van der Waals surface area contributed by atoms with E-state index in [1.165, 1.54) is 6.26 Å². The summed E-state index contributed by atoms with van der Waals surface area (Å²) in [6.45, 7) is 2.89. The van der Waals surface area contributed by atoms with Gasteiger partial charge in [0.1, 0.15) is 19.5 Å². The van der Waals surface area contributed by atoms with Gasteiger partial charge in [-0.1, -0.05) is 6.92 Å². The number of nitrogens with one attached hydrogen (secondary N) is 1. The molecule has 0 saturated heterocycles. The topological polar surface area (TPSA) is 67.8 Å². The summed E-state index contributed by atoms with van der Waals surface area (Å²) < 4.78 is 10.1. The minimum Gasteiger partial charge on any atom is -0.494 e. The van der Waals surface area contributed by atoms with Gasteiger partial charge in [-0.3, -0.25) is 4.79 Å². The molecular weight excluding hydrogens is 198 g/mol. The summed E-state index contributed by atoms with van der Waals surface area (Å²) in [5.41, 5.74) is 0. The van der Waals surface area contributed by atoms with E-state index in [1.807, 2.05) is 6.92 Å². The number of carbonyl (C=O) groups excluding carboxylic acids is 1. The minimum absolute atomic E-state index is 0.0195. The van der Waals surface area contributed by atoms with E-state index in [9.17, 15) is 4.79 Å². The van der Waals surface area contributed by atoms with Crippen LogP contribution in [-0.2, 0) is 14.3 Å². The van der Waals surface area contributed by atoms with Crippen molar-refractivity contribution in [3.63, 3.8) is 0 Å². The van der Waals surface area contributed by atoms with Crippen LogP contribution in [0.4, 0.5) is 0 Å². The van der Waals surface area contributed by atoms with Gasteiger partial charge in [-0.2, -0.15) is 0 Å². The van der Waals surface area contributed by atoms with E-state index in [-0.39, 0.29) is 24.3 Å². The molecule has 0 spiro atoms. The molecule has 1 aliphatic heterocycles. The SMILES string of the molecule is CCC(CCO)NC(=O)C1=COCCO1. The molecule has 15 heavy (non-hydrogen) atoms. The van der Waals surface area contributed by atoms with E-state index in [4.69, 9.17) is 14.6 Å². The molecule has 0 saturated carbocycles. The molecule has 0 aromatic carbocycles. The van der Waals surface area contributed by atoms with Crippen LogP contribution in [0.5, 0.6) is 0 Å². The first-order valence-electron chi connectivity index (χ1n) is 5.14. The van der Waals surface area contributed by atoms with Crippen LogP contribution in [0.15, 0.2) is 12.0 Å². The lowest BCUT2D eigenvalue weighted by molar-refractivity contribution is -0.123. The number of aliphatic hydroxyl groups is 1. The summed E-state index contributed by atoms with van der Waals surface area (Å²) in [6.07, 6.45) is 2.65. The zero-order chi connectivity index (χ0) is 11.1. The van der Waals surface area contributed by atoms with Crippen LogP contribution in [0.1, 0.15) is 19.8 Å². The normalized spacial score (nSPS) is 17.1. The fourth-order valence-corrected chi connectivity index (χ4v) is 1.28.